The summed E-state index contributed by atoms with van der Waals surface area (Å²) in [6.45, 7) is 2.04. The summed E-state index contributed by atoms with van der Waals surface area (Å²) in [5.41, 5.74) is 0.403. The van der Waals surface area contributed by atoms with Crippen LogP contribution < -0.4 is 0 Å². The summed E-state index contributed by atoms with van der Waals surface area (Å²) in [6, 6.07) is 4.27. The van der Waals surface area contributed by atoms with Gasteiger partial charge >= 0.3 is 0 Å². The highest BCUT2D eigenvalue weighted by molar-refractivity contribution is 7.09. The van der Waals surface area contributed by atoms with E-state index in [1.54, 1.807) is 23.7 Å². The molecule has 1 aliphatic heterocycles. The summed E-state index contributed by atoms with van der Waals surface area (Å²) in [7, 11) is 0. The van der Waals surface area contributed by atoms with Gasteiger partial charge in [0, 0.05) is 36.5 Å². The van der Waals surface area contributed by atoms with Crippen LogP contribution in [0.2, 0.25) is 0 Å². The van der Waals surface area contributed by atoms with Crippen molar-refractivity contribution in [1.82, 2.24) is 14.9 Å². The third-order valence-electron chi connectivity index (χ3n) is 3.58. The number of hydrogen-bond acceptors (Lipinski definition) is 5. The van der Waals surface area contributed by atoms with Crippen LogP contribution >= 0.6 is 11.3 Å². The zero-order chi connectivity index (χ0) is 14.5. The van der Waals surface area contributed by atoms with Gasteiger partial charge in [-0.25, -0.2) is 4.98 Å². The molecule has 6 heteroatoms. The third-order valence-corrected chi connectivity index (χ3v) is 4.44. The Morgan fingerprint density at radius 3 is 2.90 bits per heavy atom. The van der Waals surface area contributed by atoms with Crippen molar-refractivity contribution in [2.45, 2.75) is 25.4 Å². The van der Waals surface area contributed by atoms with E-state index >= 15 is 0 Å². The number of carbonyl (C=O) groups is 1. The van der Waals surface area contributed by atoms with Gasteiger partial charge in [-0.1, -0.05) is 6.07 Å². The number of nitrogens with zero attached hydrogens (tertiary/aromatic N) is 3. The number of thiophene rings is 1. The average molecular weight is 303 g/mol. The van der Waals surface area contributed by atoms with Crippen LogP contribution in [-0.4, -0.2) is 40.0 Å². The van der Waals surface area contributed by atoms with Crippen molar-refractivity contribution < 1.29 is 9.53 Å². The number of rotatable bonds is 4. The molecule has 0 atom stereocenters. The van der Waals surface area contributed by atoms with Crippen LogP contribution in [0, 0.1) is 0 Å². The molecule has 3 rings (SSSR count). The van der Waals surface area contributed by atoms with Gasteiger partial charge in [-0.15, -0.1) is 11.3 Å². The lowest BCUT2D eigenvalue weighted by molar-refractivity contribution is 0.0266. The number of ether oxygens (including phenoxy) is 1. The van der Waals surface area contributed by atoms with E-state index < -0.39 is 0 Å². The zero-order valence-corrected chi connectivity index (χ0v) is 12.5. The lowest BCUT2D eigenvalue weighted by atomic mass is 10.1. The first kappa shape index (κ1) is 14.2. The van der Waals surface area contributed by atoms with Gasteiger partial charge in [0.25, 0.3) is 5.91 Å². The minimum Gasteiger partial charge on any atom is -0.381 e. The molecule has 5 nitrogen and oxygen atoms in total. The molecule has 1 aliphatic rings. The average Bonchev–Trinajstić information content (AvgIpc) is 3.07. The van der Waals surface area contributed by atoms with Crippen LogP contribution in [-0.2, 0) is 11.3 Å². The van der Waals surface area contributed by atoms with Crippen molar-refractivity contribution in [3.8, 4) is 0 Å². The summed E-state index contributed by atoms with van der Waals surface area (Å²) in [4.78, 5) is 24.0. The van der Waals surface area contributed by atoms with Gasteiger partial charge in [-0.3, -0.25) is 9.78 Å². The smallest absolute Gasteiger partial charge is 0.274 e. The second-order valence-electron chi connectivity index (χ2n) is 4.95. The predicted molar refractivity (Wildman–Crippen MR) is 80.1 cm³/mol. The Morgan fingerprint density at radius 2 is 2.24 bits per heavy atom. The summed E-state index contributed by atoms with van der Waals surface area (Å²) < 4.78 is 5.41. The van der Waals surface area contributed by atoms with Crippen LogP contribution in [0.5, 0.6) is 0 Å². The van der Waals surface area contributed by atoms with Gasteiger partial charge < -0.3 is 9.64 Å². The van der Waals surface area contributed by atoms with E-state index in [0.717, 1.165) is 12.8 Å². The first-order valence-corrected chi connectivity index (χ1v) is 7.89. The molecule has 0 bridgehead atoms. The molecular weight excluding hydrogens is 286 g/mol. The lowest BCUT2D eigenvalue weighted by Gasteiger charge is -2.33. The minimum atomic E-state index is -0.0524. The van der Waals surface area contributed by atoms with Gasteiger partial charge in [0.1, 0.15) is 5.69 Å². The first-order chi connectivity index (χ1) is 10.3. The molecule has 1 fully saturated rings. The standard InChI is InChI=1S/C15H17N3O2S/c19-15(14-10-16-5-6-17-14)18(11-13-2-1-9-21-13)12-3-7-20-8-4-12/h1-2,5-6,9-10,12H,3-4,7-8,11H2. The van der Waals surface area contributed by atoms with Crippen molar-refractivity contribution >= 4 is 17.2 Å². The molecule has 0 saturated carbocycles. The summed E-state index contributed by atoms with van der Waals surface area (Å²) in [6.07, 6.45) is 6.41. The molecule has 0 N–H and O–H groups in total. The Bertz CT molecular complexity index is 568. The van der Waals surface area contributed by atoms with Crippen molar-refractivity contribution in [2.24, 2.45) is 0 Å². The van der Waals surface area contributed by atoms with Crippen molar-refractivity contribution in [3.05, 3.63) is 46.7 Å². The fourth-order valence-corrected chi connectivity index (χ4v) is 3.19. The molecule has 21 heavy (non-hydrogen) atoms. The van der Waals surface area contributed by atoms with Crippen molar-refractivity contribution in [3.63, 3.8) is 0 Å². The van der Waals surface area contributed by atoms with Gasteiger partial charge in [-0.05, 0) is 24.3 Å². The predicted octanol–water partition coefficient (Wildman–Crippen LogP) is 2.36. The zero-order valence-electron chi connectivity index (χ0n) is 11.6. The van der Waals surface area contributed by atoms with Crippen LogP contribution in [0.4, 0.5) is 0 Å². The molecular formula is C15H17N3O2S. The molecule has 1 amide bonds. The molecule has 0 aliphatic carbocycles. The Kier molecular flexibility index (Phi) is 4.57. The highest BCUT2D eigenvalue weighted by Crippen LogP contribution is 2.21. The van der Waals surface area contributed by atoms with E-state index in [2.05, 4.69) is 16.0 Å². The van der Waals surface area contributed by atoms with E-state index in [0.29, 0.717) is 25.5 Å². The maximum absolute atomic E-state index is 12.8. The van der Waals surface area contributed by atoms with E-state index in [1.165, 1.54) is 11.1 Å². The molecule has 0 spiro atoms. The summed E-state index contributed by atoms with van der Waals surface area (Å²) in [5, 5.41) is 2.03. The number of amides is 1. The maximum Gasteiger partial charge on any atom is 0.274 e. The minimum absolute atomic E-state index is 0.0524. The number of hydrogen-bond donors (Lipinski definition) is 0. The van der Waals surface area contributed by atoms with E-state index in [4.69, 9.17) is 4.74 Å². The summed E-state index contributed by atoms with van der Waals surface area (Å²) >= 11 is 1.67. The van der Waals surface area contributed by atoms with Crippen molar-refractivity contribution in [1.29, 1.82) is 0 Å². The van der Waals surface area contributed by atoms with Crippen LogP contribution in [0.15, 0.2) is 36.1 Å². The first-order valence-electron chi connectivity index (χ1n) is 7.01. The van der Waals surface area contributed by atoms with E-state index in [-0.39, 0.29) is 11.9 Å². The Hall–Kier alpha value is -1.79. The normalized spacial score (nSPS) is 15.8. The monoisotopic (exact) mass is 303 g/mol. The fourth-order valence-electron chi connectivity index (χ4n) is 2.49. The molecule has 0 aromatic carbocycles. The Labute approximate surface area is 127 Å². The van der Waals surface area contributed by atoms with Crippen molar-refractivity contribution in [2.75, 3.05) is 13.2 Å². The molecule has 110 valence electrons. The SMILES string of the molecule is O=C(c1cnccn1)N(Cc1cccs1)C1CCOCC1. The molecule has 0 radical (unpaired) electrons. The molecule has 1 saturated heterocycles. The molecule has 2 aromatic rings. The van der Waals surface area contributed by atoms with Gasteiger partial charge in [0.2, 0.25) is 0 Å². The lowest BCUT2D eigenvalue weighted by Crippen LogP contribution is -2.43. The largest absolute Gasteiger partial charge is 0.381 e. The van der Waals surface area contributed by atoms with Crippen LogP contribution in [0.1, 0.15) is 28.2 Å². The van der Waals surface area contributed by atoms with Crippen LogP contribution in [0.3, 0.4) is 0 Å². The third kappa shape index (κ3) is 3.46. The topological polar surface area (TPSA) is 55.3 Å². The van der Waals surface area contributed by atoms with Crippen LogP contribution in [0.25, 0.3) is 0 Å². The highest BCUT2D eigenvalue weighted by Gasteiger charge is 2.27. The molecule has 3 heterocycles. The van der Waals surface area contributed by atoms with Gasteiger partial charge in [0.05, 0.1) is 12.7 Å². The van der Waals surface area contributed by atoms with Gasteiger partial charge in [0.15, 0.2) is 0 Å². The second-order valence-corrected chi connectivity index (χ2v) is 5.98. The van der Waals surface area contributed by atoms with E-state index in [9.17, 15) is 4.79 Å². The molecule has 0 unspecified atom stereocenters. The second kappa shape index (κ2) is 6.78. The number of carbonyl (C=O) groups excluding carboxylic acids is 1. The Morgan fingerprint density at radius 1 is 1.38 bits per heavy atom. The summed E-state index contributed by atoms with van der Waals surface area (Å²) in [5.74, 6) is -0.0524. The van der Waals surface area contributed by atoms with Gasteiger partial charge in [-0.2, -0.15) is 0 Å². The highest BCUT2D eigenvalue weighted by atomic mass is 32.1. The quantitative estimate of drug-likeness (QED) is 0.870. The number of aromatic nitrogens is 2. The maximum atomic E-state index is 12.8. The fraction of sp³-hybridized carbons (Fsp3) is 0.400. The Balaban J connectivity index is 1.82. The van der Waals surface area contributed by atoms with E-state index in [1.807, 2.05) is 16.3 Å². The molecule has 2 aromatic heterocycles.